The van der Waals surface area contributed by atoms with Gasteiger partial charge in [0.05, 0.1) is 43.1 Å². The number of ether oxygens (including phenoxy) is 3. The molecule has 10 nitrogen and oxygen atoms in total. The predicted molar refractivity (Wildman–Crippen MR) is 137 cm³/mol. The van der Waals surface area contributed by atoms with E-state index in [1.54, 1.807) is 0 Å². The van der Waals surface area contributed by atoms with Crippen molar-refractivity contribution in [1.29, 1.82) is 0 Å². The summed E-state index contributed by atoms with van der Waals surface area (Å²) in [6, 6.07) is 21.7. The predicted octanol–water partition coefficient (Wildman–Crippen LogP) is 3.94. The molecule has 3 aromatic carbocycles. The number of nitro groups is 1. The van der Waals surface area contributed by atoms with Crippen LogP contribution in [0.1, 0.15) is 34.9 Å². The van der Waals surface area contributed by atoms with Crippen LogP contribution in [0, 0.1) is 22.0 Å². The Balaban J connectivity index is 1.76. The molecule has 10 heteroatoms. The van der Waals surface area contributed by atoms with Gasteiger partial charge >= 0.3 is 17.9 Å². The maximum Gasteiger partial charge on any atom is 0.325 e. The fraction of sp³-hybridized carbons (Fsp3) is 0.276. The molecule has 2 saturated heterocycles. The van der Waals surface area contributed by atoms with Gasteiger partial charge in [-0.3, -0.25) is 29.4 Å². The molecule has 0 bridgehead atoms. The fourth-order valence-electron chi connectivity index (χ4n) is 5.85. The number of carbonyl (C=O) groups is 3. The smallest absolute Gasteiger partial charge is 0.325 e. The first-order chi connectivity index (χ1) is 18.9. The van der Waals surface area contributed by atoms with Crippen molar-refractivity contribution in [3.63, 3.8) is 0 Å². The summed E-state index contributed by atoms with van der Waals surface area (Å²) in [5.41, 5.74) is 1.91. The summed E-state index contributed by atoms with van der Waals surface area (Å²) >= 11 is 0. The molecular formula is C29H26N2O8. The highest BCUT2D eigenvalue weighted by Gasteiger charge is 2.64. The molecule has 0 amide bonds. The van der Waals surface area contributed by atoms with Crippen LogP contribution in [0.15, 0.2) is 84.9 Å². The van der Waals surface area contributed by atoms with Gasteiger partial charge < -0.3 is 14.2 Å². The summed E-state index contributed by atoms with van der Waals surface area (Å²) in [4.78, 5) is 52.9. The van der Waals surface area contributed by atoms with Gasteiger partial charge in [-0.2, -0.15) is 0 Å². The number of benzene rings is 3. The zero-order chi connectivity index (χ0) is 27.7. The van der Waals surface area contributed by atoms with Crippen molar-refractivity contribution >= 4 is 23.6 Å². The number of hydrogen-bond acceptors (Lipinski definition) is 9. The number of nitrogens with zero attached hydrogens (tertiary/aromatic N) is 2. The molecular weight excluding hydrogens is 504 g/mol. The van der Waals surface area contributed by atoms with Gasteiger partial charge in [0.15, 0.2) is 0 Å². The van der Waals surface area contributed by atoms with E-state index in [1.807, 2.05) is 65.6 Å². The zero-order valence-corrected chi connectivity index (χ0v) is 21.2. The maximum absolute atomic E-state index is 13.7. The van der Waals surface area contributed by atoms with E-state index in [9.17, 15) is 24.5 Å². The Labute approximate surface area is 224 Å². The molecule has 0 radical (unpaired) electrons. The number of nitro benzene ring substituents is 1. The van der Waals surface area contributed by atoms with Crippen LogP contribution in [0.5, 0.6) is 0 Å². The van der Waals surface area contributed by atoms with Gasteiger partial charge in [0.2, 0.25) is 0 Å². The van der Waals surface area contributed by atoms with E-state index >= 15 is 0 Å². The lowest BCUT2D eigenvalue weighted by molar-refractivity contribution is -0.384. The molecule has 2 fully saturated rings. The summed E-state index contributed by atoms with van der Waals surface area (Å²) in [6.07, 6.45) is -0.771. The largest absolute Gasteiger partial charge is 0.469 e. The normalized spacial score (nSPS) is 26.3. The van der Waals surface area contributed by atoms with Crippen molar-refractivity contribution in [1.82, 2.24) is 4.90 Å². The highest BCUT2D eigenvalue weighted by molar-refractivity contribution is 5.91. The second-order valence-electron chi connectivity index (χ2n) is 9.41. The van der Waals surface area contributed by atoms with Crippen LogP contribution < -0.4 is 0 Å². The molecule has 0 aliphatic carbocycles. The van der Waals surface area contributed by atoms with E-state index in [0.29, 0.717) is 5.56 Å². The van der Waals surface area contributed by atoms with Gasteiger partial charge in [-0.25, -0.2) is 0 Å². The Hall–Kier alpha value is -4.57. The first-order valence-corrected chi connectivity index (χ1v) is 12.3. The molecule has 3 aromatic rings. The van der Waals surface area contributed by atoms with Gasteiger partial charge in [0, 0.05) is 12.1 Å². The molecule has 0 spiro atoms. The lowest BCUT2D eigenvalue weighted by Gasteiger charge is -2.45. The standard InChI is InChI=1S/C29H26N2O8/c1-37-27(32)21-22(28(33)38-2)25-29(34)39-26(19-11-7-4-8-12-19)24(17-9-5-3-6-10-17)30(25)23(21)18-13-15-20(16-14-18)31(35)36/h3-16,21-26H,1-2H3/t21-,22+,23+,24-,25-,26+/m0/s1. The minimum atomic E-state index is -1.24. The Morgan fingerprint density at radius 2 is 1.23 bits per heavy atom. The van der Waals surface area contributed by atoms with Crippen LogP contribution in [-0.4, -0.2) is 48.0 Å². The molecule has 2 aliphatic rings. The molecule has 2 heterocycles. The number of methoxy groups -OCH3 is 2. The van der Waals surface area contributed by atoms with E-state index in [-0.39, 0.29) is 5.69 Å². The molecule has 200 valence electrons. The number of hydrogen-bond donors (Lipinski definition) is 0. The van der Waals surface area contributed by atoms with E-state index in [0.717, 1.165) is 11.1 Å². The van der Waals surface area contributed by atoms with E-state index in [1.165, 1.54) is 38.5 Å². The number of carbonyl (C=O) groups excluding carboxylic acids is 3. The summed E-state index contributed by atoms with van der Waals surface area (Å²) in [7, 11) is 2.40. The number of fused-ring (bicyclic) bond motifs is 1. The molecule has 0 saturated carbocycles. The minimum Gasteiger partial charge on any atom is -0.469 e. The van der Waals surface area contributed by atoms with Crippen molar-refractivity contribution < 1.29 is 33.5 Å². The van der Waals surface area contributed by atoms with E-state index in [2.05, 4.69) is 0 Å². The average molecular weight is 531 g/mol. The quantitative estimate of drug-likeness (QED) is 0.202. The van der Waals surface area contributed by atoms with Gasteiger partial charge in [-0.15, -0.1) is 0 Å². The maximum atomic E-state index is 13.7. The molecule has 0 N–H and O–H groups in total. The van der Waals surface area contributed by atoms with Gasteiger partial charge in [-0.1, -0.05) is 72.8 Å². The first-order valence-electron chi connectivity index (χ1n) is 12.3. The monoisotopic (exact) mass is 530 g/mol. The van der Waals surface area contributed by atoms with Crippen LogP contribution in [0.2, 0.25) is 0 Å². The Morgan fingerprint density at radius 1 is 0.744 bits per heavy atom. The summed E-state index contributed by atoms with van der Waals surface area (Å²) in [5.74, 6) is -4.53. The first kappa shape index (κ1) is 26.1. The van der Waals surface area contributed by atoms with Crippen molar-refractivity contribution in [2.75, 3.05) is 14.2 Å². The highest BCUT2D eigenvalue weighted by atomic mass is 16.6. The summed E-state index contributed by atoms with van der Waals surface area (Å²) in [6.45, 7) is 0. The van der Waals surface area contributed by atoms with Gasteiger partial charge in [0.25, 0.3) is 5.69 Å². The number of rotatable bonds is 6. The van der Waals surface area contributed by atoms with Crippen LogP contribution in [0.25, 0.3) is 0 Å². The number of esters is 3. The lowest BCUT2D eigenvalue weighted by atomic mass is 9.84. The molecule has 39 heavy (non-hydrogen) atoms. The topological polar surface area (TPSA) is 125 Å². The van der Waals surface area contributed by atoms with Crippen LogP contribution in [0.4, 0.5) is 5.69 Å². The summed E-state index contributed by atoms with van der Waals surface area (Å²) in [5, 5.41) is 11.3. The minimum absolute atomic E-state index is 0.132. The van der Waals surface area contributed by atoms with Crippen molar-refractivity contribution in [3.05, 3.63) is 112 Å². The Bertz CT molecular complexity index is 1380. The van der Waals surface area contributed by atoms with Crippen LogP contribution >= 0.6 is 0 Å². The average Bonchev–Trinajstić information content (AvgIpc) is 3.33. The van der Waals surface area contributed by atoms with Crippen LogP contribution in [-0.2, 0) is 28.6 Å². The molecule has 5 rings (SSSR count). The molecule has 6 atom stereocenters. The third-order valence-corrected chi connectivity index (χ3v) is 7.46. The molecule has 0 aromatic heterocycles. The zero-order valence-electron chi connectivity index (χ0n) is 21.2. The molecule has 0 unspecified atom stereocenters. The number of non-ortho nitro benzene ring substituents is 1. The fourth-order valence-corrected chi connectivity index (χ4v) is 5.85. The number of cyclic esters (lactones) is 1. The van der Waals surface area contributed by atoms with Crippen molar-refractivity contribution in [2.45, 2.75) is 24.2 Å². The second-order valence-corrected chi connectivity index (χ2v) is 9.41. The van der Waals surface area contributed by atoms with Crippen LogP contribution in [0.3, 0.4) is 0 Å². The lowest BCUT2D eigenvalue weighted by Crippen LogP contribution is -2.52. The van der Waals surface area contributed by atoms with E-state index < -0.39 is 58.9 Å². The number of morpholine rings is 1. The third-order valence-electron chi connectivity index (χ3n) is 7.46. The van der Waals surface area contributed by atoms with E-state index in [4.69, 9.17) is 14.2 Å². The van der Waals surface area contributed by atoms with Gasteiger partial charge in [0.1, 0.15) is 12.1 Å². The molecule has 2 aliphatic heterocycles. The highest BCUT2D eigenvalue weighted by Crippen LogP contribution is 2.56. The van der Waals surface area contributed by atoms with Crippen molar-refractivity contribution in [3.8, 4) is 0 Å². The SMILES string of the molecule is COC(=O)[C@@H]1[C@H](C(=O)OC)[C@@H](c2ccc([N+](=O)[O-])cc2)N2[C@@H]1C(=O)O[C@H](c1ccccc1)[C@@H]2c1ccccc1. The van der Waals surface area contributed by atoms with Crippen molar-refractivity contribution in [2.24, 2.45) is 11.8 Å². The third kappa shape index (κ3) is 4.52. The Kier molecular flexibility index (Phi) is 7.12. The van der Waals surface area contributed by atoms with Gasteiger partial charge in [-0.05, 0) is 16.7 Å². The second kappa shape index (κ2) is 10.7. The summed E-state index contributed by atoms with van der Waals surface area (Å²) < 4.78 is 16.3. The Morgan fingerprint density at radius 3 is 1.74 bits per heavy atom.